The zero-order valence-corrected chi connectivity index (χ0v) is 13.4. The predicted molar refractivity (Wildman–Crippen MR) is 83.6 cm³/mol. The molecule has 0 saturated heterocycles. The van der Waals surface area contributed by atoms with Crippen LogP contribution in [0, 0.1) is 6.92 Å². The quantitative estimate of drug-likeness (QED) is 0.786. The van der Waals surface area contributed by atoms with Gasteiger partial charge in [-0.1, -0.05) is 17.7 Å². The third-order valence-electron chi connectivity index (χ3n) is 2.82. The molecule has 5 nitrogen and oxygen atoms in total. The van der Waals surface area contributed by atoms with Gasteiger partial charge in [0.15, 0.2) is 0 Å². The number of halogens is 1. The number of nitrogens with zero attached hydrogens (tertiary/aromatic N) is 1. The summed E-state index contributed by atoms with van der Waals surface area (Å²) in [6, 6.07) is 5.45. The molecule has 0 unspecified atom stereocenters. The van der Waals surface area contributed by atoms with E-state index in [2.05, 4.69) is 5.32 Å². The first-order valence-corrected chi connectivity index (χ1v) is 7.20. The second kappa shape index (κ2) is 8.64. The molecule has 0 heterocycles. The normalized spacial score (nSPS) is 10.5. The Morgan fingerprint density at radius 3 is 2.71 bits per heavy atom. The first-order chi connectivity index (χ1) is 9.92. The van der Waals surface area contributed by atoms with E-state index >= 15 is 0 Å². The first-order valence-electron chi connectivity index (χ1n) is 6.82. The van der Waals surface area contributed by atoms with Gasteiger partial charge in [-0.25, -0.2) is 0 Å². The average Bonchev–Trinajstić information content (AvgIpc) is 2.40. The minimum atomic E-state index is -0.258. The van der Waals surface area contributed by atoms with E-state index < -0.39 is 0 Å². The maximum Gasteiger partial charge on any atom is 0.307 e. The highest BCUT2D eigenvalue weighted by atomic mass is 35.5. The lowest BCUT2D eigenvalue weighted by Crippen LogP contribution is -2.32. The molecule has 0 atom stereocenters. The predicted octanol–water partition coefficient (Wildman–Crippen LogP) is 2.47. The number of carbonyl (C=O) groups excluding carboxylic acids is 2. The van der Waals surface area contributed by atoms with Gasteiger partial charge in [0, 0.05) is 6.54 Å². The van der Waals surface area contributed by atoms with Crippen LogP contribution in [0.1, 0.15) is 18.9 Å². The van der Waals surface area contributed by atoms with E-state index in [9.17, 15) is 9.59 Å². The highest BCUT2D eigenvalue weighted by Crippen LogP contribution is 2.22. The van der Waals surface area contributed by atoms with Crippen LogP contribution in [-0.2, 0) is 14.3 Å². The maximum absolute atomic E-state index is 11.9. The molecule has 21 heavy (non-hydrogen) atoms. The first kappa shape index (κ1) is 17.5. The third kappa shape index (κ3) is 6.60. The molecule has 0 spiro atoms. The topological polar surface area (TPSA) is 58.6 Å². The number of hydrogen-bond donors (Lipinski definition) is 1. The van der Waals surface area contributed by atoms with E-state index in [1.54, 1.807) is 31.0 Å². The molecule has 1 aromatic rings. The van der Waals surface area contributed by atoms with E-state index in [4.69, 9.17) is 16.3 Å². The van der Waals surface area contributed by atoms with Crippen molar-refractivity contribution in [2.75, 3.05) is 32.1 Å². The zero-order valence-electron chi connectivity index (χ0n) is 12.6. The average molecular weight is 313 g/mol. The van der Waals surface area contributed by atoms with Crippen LogP contribution in [-0.4, -0.2) is 43.5 Å². The summed E-state index contributed by atoms with van der Waals surface area (Å²) in [5.41, 5.74) is 1.62. The molecule has 0 aliphatic heterocycles. The second-order valence-corrected chi connectivity index (χ2v) is 5.23. The summed E-state index contributed by atoms with van der Waals surface area (Å²) < 4.78 is 4.84. The molecule has 1 rings (SSSR count). The number of likely N-dealkylation sites (N-methyl/N-ethyl adjacent to an activating group) is 1. The summed E-state index contributed by atoms with van der Waals surface area (Å²) >= 11 is 6.06. The number of aryl methyl sites for hydroxylation is 1. The summed E-state index contributed by atoms with van der Waals surface area (Å²) in [7, 11) is 1.77. The van der Waals surface area contributed by atoms with Crippen LogP contribution in [0.2, 0.25) is 5.02 Å². The van der Waals surface area contributed by atoms with Crippen LogP contribution in [0.3, 0.4) is 0 Å². The number of esters is 1. The lowest BCUT2D eigenvalue weighted by Gasteiger charge is -2.16. The summed E-state index contributed by atoms with van der Waals surface area (Å²) in [6.07, 6.45) is 0.267. The SMILES string of the molecule is CCOC(=O)CCN(C)CC(=O)Nc1ccc(C)cc1Cl. The van der Waals surface area contributed by atoms with Crippen LogP contribution in [0.15, 0.2) is 18.2 Å². The fraction of sp³-hybridized carbons (Fsp3) is 0.467. The van der Waals surface area contributed by atoms with Crippen LogP contribution in [0.25, 0.3) is 0 Å². The molecule has 0 saturated carbocycles. The molecule has 1 aromatic carbocycles. The van der Waals surface area contributed by atoms with Gasteiger partial charge in [0.05, 0.1) is 30.3 Å². The Balaban J connectivity index is 2.40. The highest BCUT2D eigenvalue weighted by Gasteiger charge is 2.11. The van der Waals surface area contributed by atoms with Crippen molar-refractivity contribution in [3.63, 3.8) is 0 Å². The molecule has 116 valence electrons. The maximum atomic E-state index is 11.9. The number of carbonyl (C=O) groups is 2. The lowest BCUT2D eigenvalue weighted by molar-refractivity contribution is -0.143. The lowest BCUT2D eigenvalue weighted by atomic mass is 10.2. The van der Waals surface area contributed by atoms with Gasteiger partial charge >= 0.3 is 5.97 Å². The minimum absolute atomic E-state index is 0.174. The fourth-order valence-corrected chi connectivity index (χ4v) is 2.03. The molecule has 6 heteroatoms. The smallest absolute Gasteiger partial charge is 0.307 e. The van der Waals surface area contributed by atoms with Crippen LogP contribution in [0.4, 0.5) is 5.69 Å². The van der Waals surface area contributed by atoms with Gasteiger partial charge in [0.2, 0.25) is 5.91 Å². The number of ether oxygens (including phenoxy) is 1. The van der Waals surface area contributed by atoms with Crippen molar-refractivity contribution < 1.29 is 14.3 Å². The third-order valence-corrected chi connectivity index (χ3v) is 3.13. The van der Waals surface area contributed by atoms with E-state index in [-0.39, 0.29) is 24.8 Å². The van der Waals surface area contributed by atoms with Gasteiger partial charge < -0.3 is 10.1 Å². The molecule has 0 aliphatic rings. The van der Waals surface area contributed by atoms with E-state index in [0.717, 1.165) is 5.56 Å². The molecule has 0 bridgehead atoms. The molecule has 1 amide bonds. The van der Waals surface area contributed by atoms with Crippen molar-refractivity contribution in [2.24, 2.45) is 0 Å². The van der Waals surface area contributed by atoms with Gasteiger partial charge in [0.1, 0.15) is 0 Å². The van der Waals surface area contributed by atoms with Crippen LogP contribution in [0.5, 0.6) is 0 Å². The van der Waals surface area contributed by atoms with Crippen LogP contribution >= 0.6 is 11.6 Å². The van der Waals surface area contributed by atoms with E-state index in [1.165, 1.54) is 0 Å². The molecular formula is C15H21ClN2O3. The number of rotatable bonds is 7. The van der Waals surface area contributed by atoms with Gasteiger partial charge in [-0.15, -0.1) is 0 Å². The molecule has 0 aliphatic carbocycles. The van der Waals surface area contributed by atoms with Crippen molar-refractivity contribution in [1.29, 1.82) is 0 Å². The Kier molecular flexibility index (Phi) is 7.19. The molecule has 0 aromatic heterocycles. The monoisotopic (exact) mass is 312 g/mol. The minimum Gasteiger partial charge on any atom is -0.466 e. The van der Waals surface area contributed by atoms with Crippen molar-refractivity contribution in [1.82, 2.24) is 4.90 Å². The fourth-order valence-electron chi connectivity index (χ4n) is 1.75. The molecule has 1 N–H and O–H groups in total. The number of benzene rings is 1. The number of amides is 1. The molecular weight excluding hydrogens is 292 g/mol. The van der Waals surface area contributed by atoms with Crippen LogP contribution < -0.4 is 5.32 Å². The Bertz CT molecular complexity index is 506. The summed E-state index contributed by atoms with van der Waals surface area (Å²) in [5.74, 6) is -0.432. The van der Waals surface area contributed by atoms with Gasteiger partial charge in [0.25, 0.3) is 0 Å². The van der Waals surface area contributed by atoms with E-state index in [0.29, 0.717) is 23.9 Å². The largest absolute Gasteiger partial charge is 0.466 e. The number of anilines is 1. The van der Waals surface area contributed by atoms with Crippen molar-refractivity contribution in [2.45, 2.75) is 20.3 Å². The van der Waals surface area contributed by atoms with E-state index in [1.807, 2.05) is 13.0 Å². The molecule has 0 radical (unpaired) electrons. The summed E-state index contributed by atoms with van der Waals surface area (Å²) in [6.45, 7) is 4.72. The number of nitrogens with one attached hydrogen (secondary N) is 1. The Morgan fingerprint density at radius 2 is 2.10 bits per heavy atom. The summed E-state index contributed by atoms with van der Waals surface area (Å²) in [5, 5.41) is 3.26. The summed E-state index contributed by atoms with van der Waals surface area (Å²) in [4.78, 5) is 24.9. The zero-order chi connectivity index (χ0) is 15.8. The molecule has 0 fully saturated rings. The van der Waals surface area contributed by atoms with Crippen molar-refractivity contribution >= 4 is 29.2 Å². The van der Waals surface area contributed by atoms with Gasteiger partial charge in [-0.2, -0.15) is 0 Å². The van der Waals surface area contributed by atoms with Crippen molar-refractivity contribution in [3.05, 3.63) is 28.8 Å². The van der Waals surface area contributed by atoms with Crippen molar-refractivity contribution in [3.8, 4) is 0 Å². The Hall–Kier alpha value is -1.59. The Morgan fingerprint density at radius 1 is 1.38 bits per heavy atom. The highest BCUT2D eigenvalue weighted by molar-refractivity contribution is 6.33. The number of hydrogen-bond acceptors (Lipinski definition) is 4. The van der Waals surface area contributed by atoms with Gasteiger partial charge in [-0.05, 0) is 38.6 Å². The second-order valence-electron chi connectivity index (χ2n) is 4.82. The Labute approximate surface area is 130 Å². The van der Waals surface area contributed by atoms with Gasteiger partial charge in [-0.3, -0.25) is 14.5 Å². The standard InChI is InChI=1S/C15H21ClN2O3/c1-4-21-15(20)7-8-18(3)10-14(19)17-13-6-5-11(2)9-12(13)16/h5-6,9H,4,7-8,10H2,1-3H3,(H,17,19).